The second kappa shape index (κ2) is 15.4. The maximum atomic E-state index is 11.1. The minimum absolute atomic E-state index is 0.225. The number of hydrogen-bond acceptors (Lipinski definition) is 6. The van der Waals surface area contributed by atoms with Crippen molar-refractivity contribution in [2.75, 3.05) is 0 Å². The van der Waals surface area contributed by atoms with E-state index in [9.17, 15) is 25.0 Å². The van der Waals surface area contributed by atoms with Gasteiger partial charge in [0.15, 0.2) is 0 Å². The van der Waals surface area contributed by atoms with Crippen molar-refractivity contribution < 1.29 is 19.7 Å². The van der Waals surface area contributed by atoms with Crippen LogP contribution < -0.4 is 0 Å². The van der Waals surface area contributed by atoms with Crippen molar-refractivity contribution in [2.24, 2.45) is 0 Å². The van der Waals surface area contributed by atoms with E-state index in [1.807, 2.05) is 0 Å². The molecule has 1 N–H and O–H groups in total. The first-order chi connectivity index (χ1) is 12.4. The van der Waals surface area contributed by atoms with Crippen molar-refractivity contribution in [2.45, 2.75) is 95.7 Å². The quantitative estimate of drug-likeness (QED) is 0.136. The molecule has 0 spiro atoms. The van der Waals surface area contributed by atoms with E-state index >= 15 is 0 Å². The van der Waals surface area contributed by atoms with Crippen LogP contribution in [0.3, 0.4) is 0 Å². The Morgan fingerprint density at radius 3 is 2.04 bits per heavy atom. The standard InChI is InChI=1S/C18H32N2O6/c1-2-3-5-10-16(19(23)24)11-6-4-7-12-17(20(25)26)13-8-9-14-18(22)15-21/h4,7,15-18,22H,2-3,5-6,8-14H2,1H3/b7-4+. The van der Waals surface area contributed by atoms with Gasteiger partial charge in [0.05, 0.1) is 0 Å². The van der Waals surface area contributed by atoms with Gasteiger partial charge in [0.1, 0.15) is 12.4 Å². The van der Waals surface area contributed by atoms with Crippen molar-refractivity contribution in [3.05, 3.63) is 32.4 Å². The van der Waals surface area contributed by atoms with Gasteiger partial charge in [0, 0.05) is 35.5 Å². The molecule has 0 amide bonds. The second-order valence-electron chi connectivity index (χ2n) is 6.65. The summed E-state index contributed by atoms with van der Waals surface area (Å²) in [5.74, 6) is 0. The summed E-state index contributed by atoms with van der Waals surface area (Å²) in [5, 5.41) is 31.2. The molecule has 0 aliphatic carbocycles. The minimum atomic E-state index is -0.990. The van der Waals surface area contributed by atoms with Crippen molar-refractivity contribution in [1.29, 1.82) is 0 Å². The molecule has 0 saturated heterocycles. The van der Waals surface area contributed by atoms with E-state index in [1.165, 1.54) is 0 Å². The van der Waals surface area contributed by atoms with Crippen LogP contribution in [-0.4, -0.2) is 39.4 Å². The van der Waals surface area contributed by atoms with Gasteiger partial charge in [-0.25, -0.2) is 0 Å². The lowest BCUT2D eigenvalue weighted by Crippen LogP contribution is -2.19. The number of rotatable bonds is 17. The van der Waals surface area contributed by atoms with E-state index in [4.69, 9.17) is 5.11 Å². The van der Waals surface area contributed by atoms with Crippen molar-refractivity contribution in [3.63, 3.8) is 0 Å². The third kappa shape index (κ3) is 12.5. The first kappa shape index (κ1) is 24.2. The molecule has 8 heteroatoms. The van der Waals surface area contributed by atoms with E-state index in [-0.39, 0.29) is 9.85 Å². The van der Waals surface area contributed by atoms with Crippen LogP contribution in [0.4, 0.5) is 0 Å². The number of unbranched alkanes of at least 4 members (excludes halogenated alkanes) is 3. The average molecular weight is 372 g/mol. The summed E-state index contributed by atoms with van der Waals surface area (Å²) in [6, 6.07) is -1.24. The molecule has 0 aromatic carbocycles. The first-order valence-electron chi connectivity index (χ1n) is 9.47. The topological polar surface area (TPSA) is 124 Å². The number of allylic oxidation sites excluding steroid dienone is 1. The Bertz CT molecular complexity index is 441. The molecule has 0 aliphatic heterocycles. The van der Waals surface area contributed by atoms with Gasteiger partial charge in [-0.1, -0.05) is 38.3 Å². The Hall–Kier alpha value is -1.83. The van der Waals surface area contributed by atoms with Crippen molar-refractivity contribution in [1.82, 2.24) is 0 Å². The molecule has 26 heavy (non-hydrogen) atoms. The SMILES string of the molecule is CCCCCC(CC/C=C/CC(CCCCC(O)C=O)[N+](=O)[O-])[N+](=O)[O-]. The predicted molar refractivity (Wildman–Crippen MR) is 99.2 cm³/mol. The molecule has 8 nitrogen and oxygen atoms in total. The van der Waals surface area contributed by atoms with Gasteiger partial charge < -0.3 is 9.90 Å². The summed E-state index contributed by atoms with van der Waals surface area (Å²) >= 11 is 0. The number of hydrogen-bond donors (Lipinski definition) is 1. The Labute approximate surface area is 155 Å². The average Bonchev–Trinajstić information content (AvgIpc) is 2.60. The third-order valence-electron chi connectivity index (χ3n) is 4.42. The number of nitro groups is 2. The molecule has 150 valence electrons. The number of carbonyl (C=O) groups excluding carboxylic acids is 1. The molecular weight excluding hydrogens is 340 g/mol. The van der Waals surface area contributed by atoms with Crippen LogP contribution in [0.15, 0.2) is 12.2 Å². The Morgan fingerprint density at radius 2 is 1.46 bits per heavy atom. The predicted octanol–water partition coefficient (Wildman–Crippen LogP) is 3.70. The minimum Gasteiger partial charge on any atom is -0.386 e. The molecule has 0 bridgehead atoms. The Balaban J connectivity index is 4.12. The van der Waals surface area contributed by atoms with Gasteiger partial charge in [-0.15, -0.1) is 0 Å². The van der Waals surface area contributed by atoms with Crippen LogP contribution in [0.5, 0.6) is 0 Å². The maximum Gasteiger partial charge on any atom is 0.216 e. The largest absolute Gasteiger partial charge is 0.386 e. The fourth-order valence-electron chi connectivity index (χ4n) is 2.76. The van der Waals surface area contributed by atoms with E-state index in [0.717, 1.165) is 19.3 Å². The number of aliphatic hydroxyl groups is 1. The van der Waals surface area contributed by atoms with Crippen LogP contribution in [0.25, 0.3) is 0 Å². The summed E-state index contributed by atoms with van der Waals surface area (Å²) in [6.07, 6.45) is 9.62. The van der Waals surface area contributed by atoms with Crippen molar-refractivity contribution in [3.8, 4) is 0 Å². The molecule has 0 heterocycles. The number of aldehydes is 1. The molecule has 0 aliphatic rings. The van der Waals surface area contributed by atoms with E-state index in [1.54, 1.807) is 12.2 Å². The molecule has 0 radical (unpaired) electrons. The molecular formula is C18H32N2O6. The van der Waals surface area contributed by atoms with Gasteiger partial charge in [0.2, 0.25) is 12.1 Å². The molecule has 0 fully saturated rings. The lowest BCUT2D eigenvalue weighted by atomic mass is 10.0. The highest BCUT2D eigenvalue weighted by Crippen LogP contribution is 2.14. The summed E-state index contributed by atoms with van der Waals surface area (Å²) in [6.45, 7) is 2.06. The van der Waals surface area contributed by atoms with Crippen LogP contribution in [-0.2, 0) is 4.79 Å². The second-order valence-corrected chi connectivity index (χ2v) is 6.65. The monoisotopic (exact) mass is 372 g/mol. The van der Waals surface area contributed by atoms with Gasteiger partial charge in [0.25, 0.3) is 0 Å². The van der Waals surface area contributed by atoms with Gasteiger partial charge >= 0.3 is 0 Å². The Morgan fingerprint density at radius 1 is 0.885 bits per heavy atom. The zero-order valence-corrected chi connectivity index (χ0v) is 15.6. The highest BCUT2D eigenvalue weighted by atomic mass is 16.6. The summed E-state index contributed by atoms with van der Waals surface area (Å²) in [4.78, 5) is 31.9. The zero-order valence-electron chi connectivity index (χ0n) is 15.6. The number of aliphatic hydroxyl groups excluding tert-OH is 1. The van der Waals surface area contributed by atoms with E-state index in [2.05, 4.69) is 6.92 Å². The lowest BCUT2D eigenvalue weighted by Gasteiger charge is -2.08. The molecule has 0 aromatic heterocycles. The lowest BCUT2D eigenvalue weighted by molar-refractivity contribution is -0.524. The molecule has 3 unspecified atom stereocenters. The third-order valence-corrected chi connectivity index (χ3v) is 4.42. The summed E-state index contributed by atoms with van der Waals surface area (Å²) in [7, 11) is 0. The van der Waals surface area contributed by atoms with Gasteiger partial charge in [-0.3, -0.25) is 20.2 Å². The normalized spacial score (nSPS) is 14.8. The molecule has 3 atom stereocenters. The van der Waals surface area contributed by atoms with Crippen molar-refractivity contribution >= 4 is 6.29 Å². The highest BCUT2D eigenvalue weighted by Gasteiger charge is 2.19. The van der Waals surface area contributed by atoms with Crippen LogP contribution in [0, 0.1) is 20.2 Å². The maximum absolute atomic E-state index is 11.1. The van der Waals surface area contributed by atoms with E-state index in [0.29, 0.717) is 57.7 Å². The molecule has 0 rings (SSSR count). The smallest absolute Gasteiger partial charge is 0.216 e. The molecule has 0 aromatic rings. The van der Waals surface area contributed by atoms with Gasteiger partial charge in [-0.05, 0) is 25.7 Å². The number of nitrogens with zero attached hydrogens (tertiary/aromatic N) is 2. The van der Waals surface area contributed by atoms with Crippen LogP contribution in [0.1, 0.15) is 77.6 Å². The van der Waals surface area contributed by atoms with E-state index < -0.39 is 18.2 Å². The zero-order chi connectivity index (χ0) is 19.8. The van der Waals surface area contributed by atoms with Gasteiger partial charge in [-0.2, -0.15) is 0 Å². The van der Waals surface area contributed by atoms with Crippen LogP contribution in [0.2, 0.25) is 0 Å². The van der Waals surface area contributed by atoms with Crippen LogP contribution >= 0.6 is 0 Å². The number of carbonyl (C=O) groups is 1. The first-order valence-corrected chi connectivity index (χ1v) is 9.47. The highest BCUT2D eigenvalue weighted by molar-refractivity contribution is 5.55. The molecule has 0 saturated carbocycles. The summed E-state index contributed by atoms with van der Waals surface area (Å²) < 4.78 is 0. The Kier molecular flexibility index (Phi) is 14.3. The summed E-state index contributed by atoms with van der Waals surface area (Å²) in [5.41, 5.74) is 0. The fraction of sp³-hybridized carbons (Fsp3) is 0.833. The fourth-order valence-corrected chi connectivity index (χ4v) is 2.76.